The predicted molar refractivity (Wildman–Crippen MR) is 97.8 cm³/mol. The summed E-state index contributed by atoms with van der Waals surface area (Å²) in [5, 5.41) is 0.872. The summed E-state index contributed by atoms with van der Waals surface area (Å²) in [6, 6.07) is 11.4. The van der Waals surface area contributed by atoms with Gasteiger partial charge in [0.2, 0.25) is 0 Å². The van der Waals surface area contributed by atoms with Crippen LogP contribution in [-0.2, 0) is 4.74 Å². The summed E-state index contributed by atoms with van der Waals surface area (Å²) >= 11 is 0. The number of hydrogen-bond donors (Lipinski definition) is 0. The highest BCUT2D eigenvalue weighted by molar-refractivity contribution is 6.06. The molecule has 1 fully saturated rings. The van der Waals surface area contributed by atoms with E-state index >= 15 is 0 Å². The number of aromatic nitrogens is 3. The highest BCUT2D eigenvalue weighted by Gasteiger charge is 2.28. The molecule has 1 atom stereocenters. The zero-order chi connectivity index (χ0) is 18.1. The maximum absolute atomic E-state index is 13.1. The smallest absolute Gasteiger partial charge is 0.254 e. The first-order chi connectivity index (χ1) is 12.6. The minimum Gasteiger partial charge on any atom is -0.368 e. The summed E-state index contributed by atoms with van der Waals surface area (Å²) in [5.74, 6) is 0.714. The van der Waals surface area contributed by atoms with Crippen molar-refractivity contribution < 1.29 is 9.53 Å². The molecular formula is C20H20N4O2. The number of carbonyl (C=O) groups is 1. The number of rotatable bonds is 2. The van der Waals surface area contributed by atoms with Crippen molar-refractivity contribution in [2.45, 2.75) is 20.0 Å². The van der Waals surface area contributed by atoms with Crippen LogP contribution in [0.1, 0.15) is 33.7 Å². The summed E-state index contributed by atoms with van der Waals surface area (Å²) in [4.78, 5) is 28.1. The van der Waals surface area contributed by atoms with E-state index in [9.17, 15) is 4.79 Å². The first-order valence-electron chi connectivity index (χ1n) is 8.68. The maximum atomic E-state index is 13.1. The van der Waals surface area contributed by atoms with Gasteiger partial charge in [-0.3, -0.25) is 9.78 Å². The van der Waals surface area contributed by atoms with Crippen LogP contribution in [0.25, 0.3) is 10.9 Å². The van der Waals surface area contributed by atoms with E-state index in [1.54, 1.807) is 6.20 Å². The molecule has 1 aromatic carbocycles. The van der Waals surface area contributed by atoms with E-state index in [1.807, 2.05) is 55.1 Å². The summed E-state index contributed by atoms with van der Waals surface area (Å²) in [5.41, 5.74) is 3.23. The third kappa shape index (κ3) is 3.15. The van der Waals surface area contributed by atoms with E-state index in [0.29, 0.717) is 31.1 Å². The van der Waals surface area contributed by atoms with E-state index in [-0.39, 0.29) is 12.0 Å². The van der Waals surface area contributed by atoms with Gasteiger partial charge in [0.25, 0.3) is 5.91 Å². The number of ether oxygens (including phenoxy) is 1. The number of carbonyl (C=O) groups excluding carboxylic acids is 1. The fourth-order valence-electron chi connectivity index (χ4n) is 3.38. The Hall–Kier alpha value is -2.86. The Balaban J connectivity index is 1.62. The summed E-state index contributed by atoms with van der Waals surface area (Å²) in [7, 11) is 0. The second-order valence-electron chi connectivity index (χ2n) is 6.47. The zero-order valence-corrected chi connectivity index (χ0v) is 14.8. The maximum Gasteiger partial charge on any atom is 0.254 e. The molecule has 0 aliphatic carbocycles. The van der Waals surface area contributed by atoms with Crippen LogP contribution in [-0.4, -0.2) is 45.5 Å². The van der Waals surface area contributed by atoms with Crippen LogP contribution in [0.3, 0.4) is 0 Å². The van der Waals surface area contributed by atoms with Crippen molar-refractivity contribution in [2.75, 3.05) is 19.7 Å². The molecule has 6 heteroatoms. The molecule has 1 aliphatic rings. The van der Waals surface area contributed by atoms with Gasteiger partial charge in [0.1, 0.15) is 11.9 Å². The van der Waals surface area contributed by atoms with Crippen LogP contribution in [0, 0.1) is 13.8 Å². The summed E-state index contributed by atoms with van der Waals surface area (Å²) in [6.07, 6.45) is 1.50. The van der Waals surface area contributed by atoms with Crippen LogP contribution in [0.4, 0.5) is 0 Å². The highest BCUT2D eigenvalue weighted by atomic mass is 16.5. The van der Waals surface area contributed by atoms with E-state index in [2.05, 4.69) is 15.0 Å². The van der Waals surface area contributed by atoms with Crippen LogP contribution in [0.2, 0.25) is 0 Å². The van der Waals surface area contributed by atoms with Gasteiger partial charge < -0.3 is 9.64 Å². The molecule has 1 aliphatic heterocycles. The van der Waals surface area contributed by atoms with Crippen molar-refractivity contribution in [2.24, 2.45) is 0 Å². The Kier molecular flexibility index (Phi) is 4.34. The van der Waals surface area contributed by atoms with Gasteiger partial charge in [-0.2, -0.15) is 0 Å². The minimum absolute atomic E-state index is 0.000556. The number of amides is 1. The van der Waals surface area contributed by atoms with E-state index in [0.717, 1.165) is 22.3 Å². The first kappa shape index (κ1) is 16.6. The average Bonchev–Trinajstić information content (AvgIpc) is 2.66. The number of aryl methyl sites for hydroxylation is 2. The van der Waals surface area contributed by atoms with Crippen molar-refractivity contribution in [3.8, 4) is 0 Å². The second-order valence-corrected chi connectivity index (χ2v) is 6.47. The number of morpholine rings is 1. The molecule has 26 heavy (non-hydrogen) atoms. The molecule has 0 radical (unpaired) electrons. The van der Waals surface area contributed by atoms with Gasteiger partial charge in [-0.25, -0.2) is 9.97 Å². The van der Waals surface area contributed by atoms with Gasteiger partial charge in [-0.15, -0.1) is 0 Å². The zero-order valence-electron chi connectivity index (χ0n) is 14.8. The van der Waals surface area contributed by atoms with E-state index in [1.165, 1.54) is 0 Å². The predicted octanol–water partition coefficient (Wildman–Crippen LogP) is 2.86. The molecule has 1 saturated heterocycles. The van der Waals surface area contributed by atoms with Crippen molar-refractivity contribution in [1.82, 2.24) is 19.9 Å². The van der Waals surface area contributed by atoms with Crippen LogP contribution >= 0.6 is 0 Å². The molecule has 2 aromatic heterocycles. The molecule has 3 aromatic rings. The van der Waals surface area contributed by atoms with E-state index < -0.39 is 0 Å². The van der Waals surface area contributed by atoms with Crippen molar-refractivity contribution in [1.29, 1.82) is 0 Å². The number of hydrogen-bond acceptors (Lipinski definition) is 5. The Bertz CT molecular complexity index is 947. The molecule has 0 N–H and O–H groups in total. The third-order valence-electron chi connectivity index (χ3n) is 4.55. The molecule has 3 heterocycles. The van der Waals surface area contributed by atoms with Gasteiger partial charge in [0, 0.05) is 29.4 Å². The lowest BCUT2D eigenvalue weighted by atomic mass is 10.1. The molecule has 0 saturated carbocycles. The number of pyridine rings is 1. The largest absolute Gasteiger partial charge is 0.368 e. The Labute approximate surface area is 151 Å². The topological polar surface area (TPSA) is 68.2 Å². The second kappa shape index (κ2) is 6.80. The third-order valence-corrected chi connectivity index (χ3v) is 4.55. The van der Waals surface area contributed by atoms with Crippen LogP contribution < -0.4 is 0 Å². The van der Waals surface area contributed by atoms with Crippen molar-refractivity contribution in [3.05, 3.63) is 65.4 Å². The molecule has 0 spiro atoms. The normalized spacial score (nSPS) is 17.5. The Morgan fingerprint density at radius 1 is 1.19 bits per heavy atom. The van der Waals surface area contributed by atoms with Gasteiger partial charge in [-0.05, 0) is 38.1 Å². The minimum atomic E-state index is -0.235. The van der Waals surface area contributed by atoms with Crippen molar-refractivity contribution in [3.63, 3.8) is 0 Å². The SMILES string of the molecule is Cc1cc([C@@H]2CN(C(=O)c3cccc4ncccc34)CCO2)nc(C)n1. The Morgan fingerprint density at radius 2 is 2.08 bits per heavy atom. The van der Waals surface area contributed by atoms with Crippen LogP contribution in [0.15, 0.2) is 42.6 Å². The quantitative estimate of drug-likeness (QED) is 0.712. The molecule has 0 unspecified atom stereocenters. The molecule has 4 rings (SSSR count). The number of nitrogens with zero attached hydrogens (tertiary/aromatic N) is 4. The summed E-state index contributed by atoms with van der Waals surface area (Å²) in [6.45, 7) is 5.33. The lowest BCUT2D eigenvalue weighted by Gasteiger charge is -2.33. The van der Waals surface area contributed by atoms with E-state index in [4.69, 9.17) is 4.74 Å². The lowest BCUT2D eigenvalue weighted by Crippen LogP contribution is -2.42. The molecule has 6 nitrogen and oxygen atoms in total. The fourth-order valence-corrected chi connectivity index (χ4v) is 3.38. The number of benzene rings is 1. The number of fused-ring (bicyclic) bond motifs is 1. The average molecular weight is 348 g/mol. The summed E-state index contributed by atoms with van der Waals surface area (Å²) < 4.78 is 5.88. The lowest BCUT2D eigenvalue weighted by molar-refractivity contribution is -0.0248. The van der Waals surface area contributed by atoms with Gasteiger partial charge in [-0.1, -0.05) is 12.1 Å². The monoisotopic (exact) mass is 348 g/mol. The first-order valence-corrected chi connectivity index (χ1v) is 8.68. The van der Waals surface area contributed by atoms with Gasteiger partial charge >= 0.3 is 0 Å². The fraction of sp³-hybridized carbons (Fsp3) is 0.300. The molecular weight excluding hydrogens is 328 g/mol. The molecule has 0 bridgehead atoms. The van der Waals surface area contributed by atoms with Gasteiger partial charge in [0.05, 0.1) is 24.4 Å². The standard InChI is InChI=1S/C20H20N4O2/c1-13-11-18(23-14(2)22-13)19-12-24(9-10-26-19)20(25)16-5-3-7-17-15(16)6-4-8-21-17/h3-8,11,19H,9-10,12H2,1-2H3/t19-/m0/s1. The highest BCUT2D eigenvalue weighted by Crippen LogP contribution is 2.24. The van der Waals surface area contributed by atoms with Crippen molar-refractivity contribution >= 4 is 16.8 Å². The Morgan fingerprint density at radius 3 is 2.92 bits per heavy atom. The van der Waals surface area contributed by atoms with Crippen LogP contribution in [0.5, 0.6) is 0 Å². The molecule has 1 amide bonds. The molecule has 132 valence electrons. The van der Waals surface area contributed by atoms with Gasteiger partial charge in [0.15, 0.2) is 0 Å².